The van der Waals surface area contributed by atoms with Crippen LogP contribution in [0, 0.1) is 13.8 Å². The van der Waals surface area contributed by atoms with Crippen LogP contribution in [0.4, 0.5) is 11.4 Å². The Balaban J connectivity index is 1.53. The van der Waals surface area contributed by atoms with E-state index in [4.69, 9.17) is 0 Å². The van der Waals surface area contributed by atoms with E-state index in [2.05, 4.69) is 5.32 Å². The number of ketones is 1. The number of anilines is 2. The number of carbonyl (C=O) groups excluding carboxylic acids is 2. The summed E-state index contributed by atoms with van der Waals surface area (Å²) in [5.74, 6) is -0.548. The van der Waals surface area contributed by atoms with Gasteiger partial charge in [-0.15, -0.1) is 0 Å². The third-order valence-electron chi connectivity index (χ3n) is 6.03. The molecule has 4 aromatic rings. The van der Waals surface area contributed by atoms with Crippen molar-refractivity contribution in [1.29, 1.82) is 0 Å². The number of benzene rings is 4. The summed E-state index contributed by atoms with van der Waals surface area (Å²) >= 11 is 0. The van der Waals surface area contributed by atoms with Crippen LogP contribution in [0.15, 0.2) is 97.1 Å². The number of amides is 1. The molecule has 0 bridgehead atoms. The molecule has 0 aliphatic heterocycles. The first-order valence-electron chi connectivity index (χ1n) is 11.8. The molecule has 188 valence electrons. The van der Waals surface area contributed by atoms with E-state index in [-0.39, 0.29) is 18.2 Å². The first kappa shape index (κ1) is 25.9. The van der Waals surface area contributed by atoms with E-state index in [1.165, 1.54) is 10.6 Å². The third-order valence-corrected chi connectivity index (χ3v) is 7.16. The van der Waals surface area contributed by atoms with Crippen LogP contribution in [-0.2, 0) is 16.6 Å². The minimum Gasteiger partial charge on any atom is -0.321 e. The Labute approximate surface area is 217 Å². The zero-order chi connectivity index (χ0) is 26.6. The average Bonchev–Trinajstić information content (AvgIpc) is 2.89. The number of aryl methyl sites for hydroxylation is 2. The maximum Gasteiger partial charge on any atom is 0.255 e. The van der Waals surface area contributed by atoms with Crippen molar-refractivity contribution in [2.24, 2.45) is 0 Å². The molecule has 37 heavy (non-hydrogen) atoms. The summed E-state index contributed by atoms with van der Waals surface area (Å²) in [6, 6.07) is 28.2. The molecule has 1 amide bonds. The first-order chi connectivity index (χ1) is 17.6. The predicted octanol–water partition coefficient (Wildman–Crippen LogP) is 5.75. The van der Waals surface area contributed by atoms with Crippen molar-refractivity contribution in [2.45, 2.75) is 20.4 Å². The van der Waals surface area contributed by atoms with Gasteiger partial charge in [0, 0.05) is 16.7 Å². The zero-order valence-electron chi connectivity index (χ0n) is 20.9. The van der Waals surface area contributed by atoms with E-state index in [0.29, 0.717) is 28.1 Å². The molecule has 0 saturated heterocycles. The molecule has 6 nitrogen and oxygen atoms in total. The summed E-state index contributed by atoms with van der Waals surface area (Å²) in [5.41, 5.74) is 4.94. The van der Waals surface area contributed by atoms with Gasteiger partial charge in [-0.3, -0.25) is 13.9 Å². The molecular weight excluding hydrogens is 484 g/mol. The molecule has 0 fully saturated rings. The lowest BCUT2D eigenvalue weighted by Crippen LogP contribution is -2.30. The van der Waals surface area contributed by atoms with Crippen molar-refractivity contribution < 1.29 is 18.0 Å². The van der Waals surface area contributed by atoms with Gasteiger partial charge in [0.2, 0.25) is 10.0 Å². The maximum absolute atomic E-state index is 13.0. The number of para-hydroxylation sites is 1. The van der Waals surface area contributed by atoms with Gasteiger partial charge < -0.3 is 5.32 Å². The quantitative estimate of drug-likeness (QED) is 0.305. The van der Waals surface area contributed by atoms with Crippen LogP contribution in [0.25, 0.3) is 0 Å². The minimum absolute atomic E-state index is 0.138. The Hall–Kier alpha value is -4.23. The van der Waals surface area contributed by atoms with Crippen LogP contribution in [-0.4, -0.2) is 26.4 Å². The molecule has 0 atom stereocenters. The molecule has 4 rings (SSSR count). The van der Waals surface area contributed by atoms with Crippen LogP contribution >= 0.6 is 0 Å². The Bertz CT molecular complexity index is 1550. The van der Waals surface area contributed by atoms with Crippen molar-refractivity contribution in [3.63, 3.8) is 0 Å². The zero-order valence-corrected chi connectivity index (χ0v) is 21.7. The summed E-state index contributed by atoms with van der Waals surface area (Å²) in [5, 5.41) is 2.84. The van der Waals surface area contributed by atoms with Gasteiger partial charge in [-0.25, -0.2) is 8.42 Å². The molecule has 0 aliphatic rings. The van der Waals surface area contributed by atoms with E-state index >= 15 is 0 Å². The van der Waals surface area contributed by atoms with Crippen LogP contribution in [0.5, 0.6) is 0 Å². The standard InChI is InChI=1S/C30H28N2O4S/c1-21-13-14-22(2)28(19-21)32(37(3,35)36)20-23-15-17-25(18-16-23)30(34)31-27-12-8-7-11-26(27)29(33)24-9-5-4-6-10-24/h4-19H,20H2,1-3H3,(H,31,34). The number of hydrogen-bond donors (Lipinski definition) is 1. The Morgan fingerprint density at radius 3 is 2.11 bits per heavy atom. The van der Waals surface area contributed by atoms with Gasteiger partial charge in [0.05, 0.1) is 24.2 Å². The lowest BCUT2D eigenvalue weighted by Gasteiger charge is -2.25. The summed E-state index contributed by atoms with van der Waals surface area (Å²) in [7, 11) is -3.54. The topological polar surface area (TPSA) is 83.6 Å². The van der Waals surface area contributed by atoms with Crippen LogP contribution in [0.1, 0.15) is 43.0 Å². The Morgan fingerprint density at radius 1 is 0.784 bits per heavy atom. The highest BCUT2D eigenvalue weighted by atomic mass is 32.2. The number of carbonyl (C=O) groups is 2. The van der Waals surface area contributed by atoms with E-state index in [0.717, 1.165) is 16.7 Å². The molecule has 7 heteroatoms. The number of sulfonamides is 1. The van der Waals surface area contributed by atoms with Crippen LogP contribution < -0.4 is 9.62 Å². The molecule has 1 N–H and O–H groups in total. The van der Waals surface area contributed by atoms with E-state index in [1.807, 2.05) is 38.1 Å². The molecule has 0 saturated carbocycles. The highest BCUT2D eigenvalue weighted by Crippen LogP contribution is 2.26. The fourth-order valence-corrected chi connectivity index (χ4v) is 4.96. The second-order valence-corrected chi connectivity index (χ2v) is 10.9. The van der Waals surface area contributed by atoms with Gasteiger partial charge in [-0.05, 0) is 60.9 Å². The summed E-state index contributed by atoms with van der Waals surface area (Å²) in [6.45, 7) is 3.93. The fourth-order valence-electron chi connectivity index (χ4n) is 4.03. The van der Waals surface area contributed by atoms with Crippen LogP contribution in [0.3, 0.4) is 0 Å². The van der Waals surface area contributed by atoms with Gasteiger partial charge >= 0.3 is 0 Å². The predicted molar refractivity (Wildman–Crippen MR) is 148 cm³/mol. The van der Waals surface area contributed by atoms with Crippen molar-refractivity contribution in [3.05, 3.63) is 130 Å². The SMILES string of the molecule is Cc1ccc(C)c(N(Cc2ccc(C(=O)Nc3ccccc3C(=O)c3ccccc3)cc2)S(C)(=O)=O)c1. The molecule has 4 aromatic carbocycles. The normalized spacial score (nSPS) is 11.1. The van der Waals surface area contributed by atoms with E-state index < -0.39 is 10.0 Å². The Kier molecular flexibility index (Phi) is 7.55. The van der Waals surface area contributed by atoms with Gasteiger partial charge in [0.1, 0.15) is 0 Å². The van der Waals surface area contributed by atoms with E-state index in [1.54, 1.807) is 72.8 Å². The second kappa shape index (κ2) is 10.8. The van der Waals surface area contributed by atoms with Gasteiger partial charge in [-0.1, -0.05) is 66.7 Å². The molecule has 0 heterocycles. The van der Waals surface area contributed by atoms with Gasteiger partial charge in [-0.2, -0.15) is 0 Å². The van der Waals surface area contributed by atoms with Crippen molar-refractivity contribution in [3.8, 4) is 0 Å². The van der Waals surface area contributed by atoms with Gasteiger partial charge in [0.25, 0.3) is 5.91 Å². The second-order valence-electron chi connectivity index (χ2n) is 8.95. The van der Waals surface area contributed by atoms with Crippen molar-refractivity contribution in [2.75, 3.05) is 15.9 Å². The van der Waals surface area contributed by atoms with Crippen LogP contribution in [0.2, 0.25) is 0 Å². The average molecular weight is 513 g/mol. The van der Waals surface area contributed by atoms with Crippen molar-refractivity contribution >= 4 is 33.1 Å². The van der Waals surface area contributed by atoms with E-state index in [9.17, 15) is 18.0 Å². The molecule has 0 aliphatic carbocycles. The number of nitrogens with one attached hydrogen (secondary N) is 1. The first-order valence-corrected chi connectivity index (χ1v) is 13.6. The minimum atomic E-state index is -3.54. The van der Waals surface area contributed by atoms with Crippen molar-refractivity contribution in [1.82, 2.24) is 0 Å². The molecule has 0 unspecified atom stereocenters. The van der Waals surface area contributed by atoms with Gasteiger partial charge in [0.15, 0.2) is 5.78 Å². The maximum atomic E-state index is 13.0. The summed E-state index contributed by atoms with van der Waals surface area (Å²) in [6.07, 6.45) is 1.19. The number of nitrogens with zero attached hydrogens (tertiary/aromatic N) is 1. The third kappa shape index (κ3) is 6.13. The molecule has 0 radical (unpaired) electrons. The monoisotopic (exact) mass is 512 g/mol. The highest BCUT2D eigenvalue weighted by molar-refractivity contribution is 7.92. The Morgan fingerprint density at radius 2 is 1.43 bits per heavy atom. The lowest BCUT2D eigenvalue weighted by atomic mass is 10.0. The fraction of sp³-hybridized carbons (Fsp3) is 0.133. The number of rotatable bonds is 8. The highest BCUT2D eigenvalue weighted by Gasteiger charge is 2.20. The summed E-state index contributed by atoms with van der Waals surface area (Å²) < 4.78 is 26.6. The largest absolute Gasteiger partial charge is 0.321 e. The summed E-state index contributed by atoms with van der Waals surface area (Å²) in [4.78, 5) is 26.0. The molecule has 0 spiro atoms. The molecular formula is C30H28N2O4S. The molecule has 0 aromatic heterocycles. The lowest BCUT2D eigenvalue weighted by molar-refractivity contribution is 0.102. The smallest absolute Gasteiger partial charge is 0.255 e. The number of hydrogen-bond acceptors (Lipinski definition) is 4.